The van der Waals surface area contributed by atoms with Crippen molar-refractivity contribution in [1.29, 1.82) is 0 Å². The third-order valence-electron chi connectivity index (χ3n) is 1.93. The molecule has 0 bridgehead atoms. The Morgan fingerprint density at radius 1 is 1.62 bits per heavy atom. The number of rotatable bonds is 1. The number of H-pyrrole nitrogens is 1. The zero-order chi connectivity index (χ0) is 9.42. The Morgan fingerprint density at radius 3 is 3.08 bits per heavy atom. The molecular formula is C8H10N4O. The fourth-order valence-electron chi connectivity index (χ4n) is 1.29. The molecule has 0 amide bonds. The van der Waals surface area contributed by atoms with Crippen LogP contribution in [0.25, 0.3) is 11.2 Å². The van der Waals surface area contributed by atoms with E-state index in [4.69, 9.17) is 0 Å². The van der Waals surface area contributed by atoms with E-state index in [2.05, 4.69) is 15.0 Å². The van der Waals surface area contributed by atoms with Gasteiger partial charge in [0.15, 0.2) is 11.2 Å². The lowest BCUT2D eigenvalue weighted by Gasteiger charge is -1.97. The molecule has 0 fully saturated rings. The Labute approximate surface area is 74.4 Å². The molecule has 0 saturated heterocycles. The number of nitrogens with zero attached hydrogens (tertiary/aromatic N) is 3. The van der Waals surface area contributed by atoms with Crippen molar-refractivity contribution in [3.05, 3.63) is 22.5 Å². The van der Waals surface area contributed by atoms with E-state index in [0.717, 1.165) is 6.54 Å². The van der Waals surface area contributed by atoms with Crippen LogP contribution in [-0.4, -0.2) is 19.5 Å². The normalized spacial score (nSPS) is 10.9. The van der Waals surface area contributed by atoms with Crippen LogP contribution < -0.4 is 5.56 Å². The molecular weight excluding hydrogens is 168 g/mol. The highest BCUT2D eigenvalue weighted by Crippen LogP contribution is 2.04. The van der Waals surface area contributed by atoms with Gasteiger partial charge in [-0.1, -0.05) is 0 Å². The molecule has 13 heavy (non-hydrogen) atoms. The Morgan fingerprint density at radius 2 is 2.38 bits per heavy atom. The van der Waals surface area contributed by atoms with Crippen LogP contribution in [0.15, 0.2) is 11.1 Å². The molecule has 68 valence electrons. The van der Waals surface area contributed by atoms with Crippen molar-refractivity contribution in [2.45, 2.75) is 20.4 Å². The van der Waals surface area contributed by atoms with Crippen molar-refractivity contribution in [3.8, 4) is 0 Å². The van der Waals surface area contributed by atoms with Crippen LogP contribution >= 0.6 is 0 Å². The summed E-state index contributed by atoms with van der Waals surface area (Å²) in [7, 11) is 0. The molecule has 0 aliphatic rings. The Kier molecular flexibility index (Phi) is 1.65. The zero-order valence-corrected chi connectivity index (χ0v) is 7.53. The molecule has 0 aliphatic carbocycles. The fraction of sp³-hybridized carbons (Fsp3) is 0.375. The molecule has 2 aromatic rings. The number of fused-ring (bicyclic) bond motifs is 1. The average molecular weight is 178 g/mol. The van der Waals surface area contributed by atoms with Gasteiger partial charge in [0.25, 0.3) is 5.56 Å². The smallest absolute Gasteiger partial charge is 0.279 e. The molecule has 1 N–H and O–H groups in total. The van der Waals surface area contributed by atoms with Crippen LogP contribution in [0.4, 0.5) is 0 Å². The summed E-state index contributed by atoms with van der Waals surface area (Å²) in [6.45, 7) is 4.51. The summed E-state index contributed by atoms with van der Waals surface area (Å²) in [6, 6.07) is 0. The summed E-state index contributed by atoms with van der Waals surface area (Å²) in [6.07, 6.45) is 1.63. The number of imidazole rings is 1. The van der Waals surface area contributed by atoms with Gasteiger partial charge in [-0.05, 0) is 13.8 Å². The first-order valence-corrected chi connectivity index (χ1v) is 4.14. The Hall–Kier alpha value is -1.65. The molecule has 0 spiro atoms. The van der Waals surface area contributed by atoms with Crippen molar-refractivity contribution >= 4 is 11.2 Å². The van der Waals surface area contributed by atoms with Crippen LogP contribution in [-0.2, 0) is 6.54 Å². The molecule has 5 heteroatoms. The predicted octanol–water partition coefficient (Wildman–Crippen LogP) is 0.448. The molecule has 0 atom stereocenters. The minimum Gasteiger partial charge on any atom is -0.315 e. The van der Waals surface area contributed by atoms with Gasteiger partial charge in [0.2, 0.25) is 0 Å². The molecule has 0 saturated carbocycles. The average Bonchev–Trinajstić information content (AvgIpc) is 2.47. The van der Waals surface area contributed by atoms with Gasteiger partial charge in [-0.15, -0.1) is 0 Å². The van der Waals surface area contributed by atoms with Crippen molar-refractivity contribution in [2.75, 3.05) is 0 Å². The van der Waals surface area contributed by atoms with Crippen molar-refractivity contribution in [3.63, 3.8) is 0 Å². The van der Waals surface area contributed by atoms with Crippen LogP contribution in [0.1, 0.15) is 12.7 Å². The molecule has 2 rings (SSSR count). The van der Waals surface area contributed by atoms with Gasteiger partial charge in [-0.2, -0.15) is 0 Å². The topological polar surface area (TPSA) is 63.6 Å². The summed E-state index contributed by atoms with van der Waals surface area (Å²) in [5.41, 5.74) is 0.894. The first-order chi connectivity index (χ1) is 6.22. The summed E-state index contributed by atoms with van der Waals surface area (Å²) < 4.78 is 1.84. The highest BCUT2D eigenvalue weighted by Gasteiger charge is 2.06. The van der Waals surface area contributed by atoms with E-state index in [9.17, 15) is 4.79 Å². The van der Waals surface area contributed by atoms with E-state index in [0.29, 0.717) is 17.0 Å². The monoisotopic (exact) mass is 178 g/mol. The van der Waals surface area contributed by atoms with Crippen molar-refractivity contribution in [2.24, 2.45) is 0 Å². The van der Waals surface area contributed by atoms with Crippen LogP contribution in [0.3, 0.4) is 0 Å². The molecule has 0 aliphatic heterocycles. The second-order valence-corrected chi connectivity index (χ2v) is 2.85. The number of aryl methyl sites for hydroxylation is 2. The van der Waals surface area contributed by atoms with Gasteiger partial charge < -0.3 is 9.55 Å². The van der Waals surface area contributed by atoms with Crippen molar-refractivity contribution < 1.29 is 0 Å². The summed E-state index contributed by atoms with van der Waals surface area (Å²) >= 11 is 0. The molecule has 0 radical (unpaired) electrons. The highest BCUT2D eigenvalue weighted by atomic mass is 16.1. The summed E-state index contributed by atoms with van der Waals surface area (Å²) in [5, 5.41) is 0. The van der Waals surface area contributed by atoms with Crippen LogP contribution in [0.5, 0.6) is 0 Å². The van der Waals surface area contributed by atoms with E-state index in [1.807, 2.05) is 11.5 Å². The number of aromatic nitrogens is 4. The lowest BCUT2D eigenvalue weighted by molar-refractivity contribution is 0.775. The second-order valence-electron chi connectivity index (χ2n) is 2.85. The molecule has 0 unspecified atom stereocenters. The second kappa shape index (κ2) is 2.69. The zero-order valence-electron chi connectivity index (χ0n) is 7.53. The van der Waals surface area contributed by atoms with Gasteiger partial charge in [0.1, 0.15) is 5.82 Å². The largest absolute Gasteiger partial charge is 0.315 e. The number of aromatic amines is 1. The SMILES string of the molecule is CCn1cnc2c(=O)[nH]c(C)nc21. The molecule has 0 aromatic carbocycles. The maximum Gasteiger partial charge on any atom is 0.279 e. The third-order valence-corrected chi connectivity index (χ3v) is 1.93. The first-order valence-electron chi connectivity index (χ1n) is 4.14. The van der Waals surface area contributed by atoms with Gasteiger partial charge in [-0.25, -0.2) is 9.97 Å². The quantitative estimate of drug-likeness (QED) is 0.689. The number of nitrogens with one attached hydrogen (secondary N) is 1. The Balaban J connectivity index is 2.90. The standard InChI is InChI=1S/C8H10N4O/c1-3-12-4-9-6-7(12)10-5(2)11-8(6)13/h4H,3H2,1-2H3,(H,10,11,13). The van der Waals surface area contributed by atoms with E-state index in [-0.39, 0.29) is 5.56 Å². The van der Waals surface area contributed by atoms with E-state index in [1.54, 1.807) is 13.3 Å². The van der Waals surface area contributed by atoms with Gasteiger partial charge in [0.05, 0.1) is 6.33 Å². The van der Waals surface area contributed by atoms with E-state index >= 15 is 0 Å². The minimum atomic E-state index is -0.172. The van der Waals surface area contributed by atoms with Gasteiger partial charge in [-0.3, -0.25) is 4.79 Å². The van der Waals surface area contributed by atoms with Crippen molar-refractivity contribution in [1.82, 2.24) is 19.5 Å². The molecule has 2 aromatic heterocycles. The first kappa shape index (κ1) is 7.97. The number of hydrogen-bond donors (Lipinski definition) is 1. The number of hydrogen-bond acceptors (Lipinski definition) is 3. The third kappa shape index (κ3) is 1.12. The van der Waals surface area contributed by atoms with Crippen LogP contribution in [0, 0.1) is 6.92 Å². The summed E-state index contributed by atoms with van der Waals surface area (Å²) in [4.78, 5) is 22.2. The lowest BCUT2D eigenvalue weighted by Crippen LogP contribution is -2.10. The molecule has 5 nitrogen and oxygen atoms in total. The maximum atomic E-state index is 11.4. The summed E-state index contributed by atoms with van der Waals surface area (Å²) in [5.74, 6) is 0.618. The maximum absolute atomic E-state index is 11.4. The van der Waals surface area contributed by atoms with Crippen LogP contribution in [0.2, 0.25) is 0 Å². The van der Waals surface area contributed by atoms with Gasteiger partial charge >= 0.3 is 0 Å². The highest BCUT2D eigenvalue weighted by molar-refractivity contribution is 5.69. The lowest BCUT2D eigenvalue weighted by atomic mass is 10.5. The Bertz CT molecular complexity index is 496. The minimum absolute atomic E-state index is 0.172. The van der Waals surface area contributed by atoms with Gasteiger partial charge in [0, 0.05) is 6.54 Å². The molecule has 2 heterocycles. The van der Waals surface area contributed by atoms with E-state index < -0.39 is 0 Å². The van der Waals surface area contributed by atoms with E-state index in [1.165, 1.54) is 0 Å². The fourth-order valence-corrected chi connectivity index (χ4v) is 1.29. The predicted molar refractivity (Wildman–Crippen MR) is 48.6 cm³/mol.